The zero-order valence-corrected chi connectivity index (χ0v) is 14.2. The Kier molecular flexibility index (Phi) is 4.50. The van der Waals surface area contributed by atoms with E-state index in [2.05, 4.69) is 36.9 Å². The van der Waals surface area contributed by atoms with E-state index in [1.807, 2.05) is 19.9 Å². The number of rotatable bonds is 2. The largest absolute Gasteiger partial charge is 0.506 e. The van der Waals surface area contributed by atoms with Crippen LogP contribution in [0.25, 0.3) is 0 Å². The molecule has 0 unspecified atom stereocenters. The summed E-state index contributed by atoms with van der Waals surface area (Å²) < 4.78 is 1.41. The normalized spacial score (nSPS) is 11.2. The summed E-state index contributed by atoms with van der Waals surface area (Å²) in [6, 6.07) is 7.19. The molecule has 3 nitrogen and oxygen atoms in total. The molecule has 2 N–H and O–H groups in total. The van der Waals surface area contributed by atoms with E-state index in [0.717, 1.165) is 15.6 Å². The topological polar surface area (TPSA) is 52.8 Å². The molecule has 104 valence electrons. The zero-order valence-electron chi connectivity index (χ0n) is 11.0. The summed E-state index contributed by atoms with van der Waals surface area (Å²) in [6.45, 7) is 3.77. The van der Waals surface area contributed by atoms with Crippen LogP contribution in [0.5, 0.6) is 11.5 Å². The molecule has 0 aliphatic heterocycles. The SMILES string of the molecule is Cc1cc(C)c(O)c(N=Cc2cc(Br)cc(Br)c2O)c1. The monoisotopic (exact) mass is 397 g/mol. The van der Waals surface area contributed by atoms with Gasteiger partial charge in [-0.05, 0) is 59.1 Å². The Morgan fingerprint density at radius 1 is 1.00 bits per heavy atom. The first-order chi connectivity index (χ1) is 9.38. The molecule has 0 saturated carbocycles. The average molecular weight is 399 g/mol. The van der Waals surface area contributed by atoms with Crippen molar-refractivity contribution in [3.05, 3.63) is 49.9 Å². The van der Waals surface area contributed by atoms with E-state index < -0.39 is 0 Å². The maximum Gasteiger partial charge on any atom is 0.144 e. The van der Waals surface area contributed by atoms with Crippen LogP contribution in [0, 0.1) is 13.8 Å². The highest BCUT2D eigenvalue weighted by Crippen LogP contribution is 2.33. The number of aromatic hydroxyl groups is 2. The molecule has 0 radical (unpaired) electrons. The van der Waals surface area contributed by atoms with Gasteiger partial charge >= 0.3 is 0 Å². The highest BCUT2D eigenvalue weighted by atomic mass is 79.9. The standard InChI is InChI=1S/C15H13Br2NO2/c1-8-3-9(2)14(19)13(4-8)18-7-10-5-11(16)6-12(17)15(10)20/h3-7,19-20H,1-2H3. The minimum absolute atomic E-state index is 0.112. The van der Waals surface area contributed by atoms with Crippen LogP contribution in [0.1, 0.15) is 16.7 Å². The minimum atomic E-state index is 0.112. The van der Waals surface area contributed by atoms with Crippen LogP contribution in [-0.2, 0) is 0 Å². The number of phenols is 2. The van der Waals surface area contributed by atoms with Gasteiger partial charge in [0.25, 0.3) is 0 Å². The number of hydrogen-bond acceptors (Lipinski definition) is 3. The number of halogens is 2. The van der Waals surface area contributed by atoms with Crippen LogP contribution in [-0.4, -0.2) is 16.4 Å². The molecule has 2 aromatic carbocycles. The summed E-state index contributed by atoms with van der Waals surface area (Å²) in [5.41, 5.74) is 2.84. The number of aryl methyl sites for hydroxylation is 2. The molecule has 0 saturated heterocycles. The van der Waals surface area contributed by atoms with Gasteiger partial charge in [-0.25, -0.2) is 0 Å². The lowest BCUT2D eigenvalue weighted by Gasteiger charge is -2.06. The van der Waals surface area contributed by atoms with Gasteiger partial charge in [-0.1, -0.05) is 22.0 Å². The molecule has 0 amide bonds. The third kappa shape index (κ3) is 3.22. The molecule has 0 aliphatic rings. The maximum absolute atomic E-state index is 9.98. The lowest BCUT2D eigenvalue weighted by molar-refractivity contribution is 0.470. The van der Waals surface area contributed by atoms with Crippen LogP contribution in [0.2, 0.25) is 0 Å². The molecule has 20 heavy (non-hydrogen) atoms. The van der Waals surface area contributed by atoms with Crippen molar-refractivity contribution < 1.29 is 10.2 Å². The van der Waals surface area contributed by atoms with Crippen LogP contribution >= 0.6 is 31.9 Å². The van der Waals surface area contributed by atoms with Crippen LogP contribution in [0.15, 0.2) is 38.2 Å². The summed E-state index contributed by atoms with van der Waals surface area (Å²) in [4.78, 5) is 4.26. The van der Waals surface area contributed by atoms with Crippen molar-refractivity contribution in [3.8, 4) is 11.5 Å². The van der Waals surface area contributed by atoms with E-state index in [-0.39, 0.29) is 11.5 Å². The van der Waals surface area contributed by atoms with Gasteiger partial charge in [0.05, 0.1) is 4.47 Å². The Morgan fingerprint density at radius 2 is 1.70 bits per heavy atom. The molecule has 0 aromatic heterocycles. The van der Waals surface area contributed by atoms with Crippen molar-refractivity contribution in [2.24, 2.45) is 4.99 Å². The first-order valence-electron chi connectivity index (χ1n) is 5.91. The second-order valence-corrected chi connectivity index (χ2v) is 6.30. The fourth-order valence-corrected chi connectivity index (χ4v) is 3.12. The lowest BCUT2D eigenvalue weighted by Crippen LogP contribution is -1.85. The Hall–Kier alpha value is -1.33. The molecule has 0 heterocycles. The molecule has 5 heteroatoms. The van der Waals surface area contributed by atoms with Crippen molar-refractivity contribution in [3.63, 3.8) is 0 Å². The first-order valence-corrected chi connectivity index (χ1v) is 7.49. The van der Waals surface area contributed by atoms with Gasteiger partial charge in [-0.3, -0.25) is 4.99 Å². The van der Waals surface area contributed by atoms with Crippen LogP contribution in [0.4, 0.5) is 5.69 Å². The van der Waals surface area contributed by atoms with Gasteiger partial charge in [0.15, 0.2) is 0 Å². The predicted molar refractivity (Wildman–Crippen MR) is 88.3 cm³/mol. The first kappa shape index (κ1) is 15.1. The van der Waals surface area contributed by atoms with Gasteiger partial charge in [-0.2, -0.15) is 0 Å². The van der Waals surface area contributed by atoms with E-state index in [1.54, 1.807) is 18.2 Å². The quantitative estimate of drug-likeness (QED) is 0.700. The van der Waals surface area contributed by atoms with Crippen molar-refractivity contribution in [1.29, 1.82) is 0 Å². The van der Waals surface area contributed by atoms with Gasteiger partial charge in [0.2, 0.25) is 0 Å². The number of aliphatic imine (C=N–C) groups is 1. The average Bonchev–Trinajstić information content (AvgIpc) is 2.37. The third-order valence-electron chi connectivity index (χ3n) is 2.83. The van der Waals surface area contributed by atoms with Crippen molar-refractivity contribution in [2.45, 2.75) is 13.8 Å². The summed E-state index contributed by atoms with van der Waals surface area (Å²) in [7, 11) is 0. The summed E-state index contributed by atoms with van der Waals surface area (Å²) in [6.07, 6.45) is 1.53. The van der Waals surface area contributed by atoms with Gasteiger partial charge in [-0.15, -0.1) is 0 Å². The fraction of sp³-hybridized carbons (Fsp3) is 0.133. The van der Waals surface area contributed by atoms with Crippen LogP contribution in [0.3, 0.4) is 0 Å². The summed E-state index contributed by atoms with van der Waals surface area (Å²) in [5, 5.41) is 19.9. The van der Waals surface area contributed by atoms with E-state index in [4.69, 9.17) is 0 Å². The Morgan fingerprint density at radius 3 is 2.40 bits per heavy atom. The Labute approximate surface area is 134 Å². The second kappa shape index (κ2) is 5.97. The number of phenolic OH excluding ortho intramolecular Hbond substituents is 2. The lowest BCUT2D eigenvalue weighted by atomic mass is 10.1. The zero-order chi connectivity index (χ0) is 14.9. The smallest absolute Gasteiger partial charge is 0.144 e. The van der Waals surface area contributed by atoms with Gasteiger partial charge < -0.3 is 10.2 Å². The highest BCUT2D eigenvalue weighted by molar-refractivity contribution is 9.11. The molecule has 0 fully saturated rings. The minimum Gasteiger partial charge on any atom is -0.506 e. The molecular weight excluding hydrogens is 386 g/mol. The van der Waals surface area contributed by atoms with Crippen LogP contribution < -0.4 is 0 Å². The summed E-state index contributed by atoms with van der Waals surface area (Å²) in [5.74, 6) is 0.265. The fourth-order valence-electron chi connectivity index (χ4n) is 1.86. The maximum atomic E-state index is 9.98. The van der Waals surface area contributed by atoms with Crippen molar-refractivity contribution in [1.82, 2.24) is 0 Å². The molecule has 2 aromatic rings. The van der Waals surface area contributed by atoms with Crippen molar-refractivity contribution >= 4 is 43.8 Å². The Balaban J connectivity index is 2.45. The molecule has 0 bridgehead atoms. The van der Waals surface area contributed by atoms with E-state index in [0.29, 0.717) is 15.7 Å². The molecule has 2 rings (SSSR count). The second-order valence-electron chi connectivity index (χ2n) is 4.53. The molecule has 0 aliphatic carbocycles. The van der Waals surface area contributed by atoms with Crippen molar-refractivity contribution in [2.75, 3.05) is 0 Å². The number of hydrogen-bond donors (Lipinski definition) is 2. The van der Waals surface area contributed by atoms with E-state index in [1.165, 1.54) is 6.21 Å². The third-order valence-corrected chi connectivity index (χ3v) is 3.89. The summed E-state index contributed by atoms with van der Waals surface area (Å²) >= 11 is 6.63. The van der Waals surface area contributed by atoms with Gasteiger partial charge in [0.1, 0.15) is 17.2 Å². The number of benzene rings is 2. The number of nitrogens with zero attached hydrogens (tertiary/aromatic N) is 1. The van der Waals surface area contributed by atoms with E-state index >= 15 is 0 Å². The highest BCUT2D eigenvalue weighted by Gasteiger charge is 2.07. The molecular formula is C15H13Br2NO2. The predicted octanol–water partition coefficient (Wildman–Crippen LogP) is 4.99. The van der Waals surface area contributed by atoms with E-state index in [9.17, 15) is 10.2 Å². The molecule has 0 atom stereocenters. The Bertz CT molecular complexity index is 637. The van der Waals surface area contributed by atoms with Gasteiger partial charge in [0, 0.05) is 16.3 Å². The molecule has 0 spiro atoms.